The lowest BCUT2D eigenvalue weighted by Crippen LogP contribution is -2.36. The highest BCUT2D eigenvalue weighted by Gasteiger charge is 2.36. The molecule has 1 heterocycles. The summed E-state index contributed by atoms with van der Waals surface area (Å²) in [6, 6.07) is 7.83. The van der Waals surface area contributed by atoms with Gasteiger partial charge in [-0.05, 0) is 82.7 Å². The van der Waals surface area contributed by atoms with E-state index in [1.54, 1.807) is 18.2 Å². The maximum Gasteiger partial charge on any atom is 0.339 e. The van der Waals surface area contributed by atoms with Crippen LogP contribution in [0.1, 0.15) is 35.7 Å². The van der Waals surface area contributed by atoms with Crippen molar-refractivity contribution in [2.75, 3.05) is 32.7 Å². The Balaban J connectivity index is 1.70. The van der Waals surface area contributed by atoms with Crippen molar-refractivity contribution in [3.63, 3.8) is 0 Å². The second-order valence-electron chi connectivity index (χ2n) is 7.74. The molecule has 0 aliphatic carbocycles. The van der Waals surface area contributed by atoms with E-state index in [1.807, 2.05) is 6.92 Å². The number of halogens is 2. The van der Waals surface area contributed by atoms with Crippen molar-refractivity contribution in [2.45, 2.75) is 19.8 Å². The fourth-order valence-electron chi connectivity index (χ4n) is 3.30. The number of nitrogens with one attached hydrogen (secondary N) is 1. The van der Waals surface area contributed by atoms with E-state index in [0.29, 0.717) is 17.1 Å². The largest absolute Gasteiger partial charge is 0.493 e. The number of carbonyl (C=O) groups excluding carboxylic acids is 4. The summed E-state index contributed by atoms with van der Waals surface area (Å²) in [5, 5.41) is 2.20. The molecular formula is C25H24ClIN2O7S. The number of anilines is 1. The van der Waals surface area contributed by atoms with Crippen molar-refractivity contribution in [1.29, 1.82) is 0 Å². The van der Waals surface area contributed by atoms with Crippen LogP contribution in [0.25, 0.3) is 6.08 Å². The topological polar surface area (TPSA) is 111 Å². The second-order valence-corrected chi connectivity index (χ2v) is 10.3. The molecule has 1 aliphatic heterocycles. The molecule has 0 radical (unpaired) electrons. The molecule has 12 heteroatoms. The molecule has 2 aromatic carbocycles. The van der Waals surface area contributed by atoms with Gasteiger partial charge in [-0.25, -0.2) is 4.79 Å². The molecule has 196 valence electrons. The van der Waals surface area contributed by atoms with E-state index in [4.69, 9.17) is 25.8 Å². The van der Waals surface area contributed by atoms with Crippen LogP contribution in [0.4, 0.5) is 10.5 Å². The van der Waals surface area contributed by atoms with Gasteiger partial charge in [-0.3, -0.25) is 19.3 Å². The van der Waals surface area contributed by atoms with Gasteiger partial charge in [0.2, 0.25) is 5.91 Å². The third-order valence-electron chi connectivity index (χ3n) is 5.13. The number of nitrogens with zero attached hydrogens (tertiary/aromatic N) is 1. The molecule has 3 rings (SSSR count). The minimum absolute atomic E-state index is 0.106. The number of imide groups is 1. The normalized spacial score (nSPS) is 14.2. The van der Waals surface area contributed by atoms with Crippen molar-refractivity contribution >= 4 is 80.7 Å². The zero-order chi connectivity index (χ0) is 27.1. The summed E-state index contributed by atoms with van der Waals surface area (Å²) in [5.74, 6) is -0.765. The van der Waals surface area contributed by atoms with Gasteiger partial charge in [-0.1, -0.05) is 24.9 Å². The monoisotopic (exact) mass is 658 g/mol. The third-order valence-corrected chi connectivity index (χ3v) is 7.17. The molecular weight excluding hydrogens is 635 g/mol. The fraction of sp³-hybridized carbons (Fsp3) is 0.280. The van der Waals surface area contributed by atoms with Gasteiger partial charge in [0.25, 0.3) is 11.1 Å². The van der Waals surface area contributed by atoms with Gasteiger partial charge in [0, 0.05) is 5.69 Å². The second kappa shape index (κ2) is 13.2. The first-order valence-corrected chi connectivity index (χ1v) is 13.4. The van der Waals surface area contributed by atoms with Crippen molar-refractivity contribution in [3.8, 4) is 11.5 Å². The van der Waals surface area contributed by atoms with Crippen LogP contribution in [0.5, 0.6) is 11.5 Å². The Kier molecular flexibility index (Phi) is 10.2. The summed E-state index contributed by atoms with van der Waals surface area (Å²) in [6.07, 6.45) is 3.15. The fourth-order valence-corrected chi connectivity index (χ4v) is 5.18. The molecule has 1 fully saturated rings. The number of ether oxygens (including phenoxy) is 3. The van der Waals surface area contributed by atoms with Crippen LogP contribution in [0, 0.1) is 3.57 Å². The van der Waals surface area contributed by atoms with Crippen LogP contribution >= 0.6 is 46.0 Å². The van der Waals surface area contributed by atoms with Gasteiger partial charge in [0.15, 0.2) is 11.5 Å². The quantitative estimate of drug-likeness (QED) is 0.152. The smallest absolute Gasteiger partial charge is 0.339 e. The van der Waals surface area contributed by atoms with Crippen LogP contribution in [0.2, 0.25) is 5.02 Å². The van der Waals surface area contributed by atoms with E-state index in [2.05, 4.69) is 27.9 Å². The number of rotatable bonds is 10. The summed E-state index contributed by atoms with van der Waals surface area (Å²) in [7, 11) is 3.03. The minimum atomic E-state index is -0.614. The Hall–Kier alpha value is -2.77. The van der Waals surface area contributed by atoms with Crippen LogP contribution in [0.3, 0.4) is 0 Å². The van der Waals surface area contributed by atoms with Crippen LogP contribution in [0.15, 0.2) is 35.2 Å². The summed E-state index contributed by atoms with van der Waals surface area (Å²) in [5.41, 5.74) is 1.02. The first kappa shape index (κ1) is 28.8. The average molecular weight is 659 g/mol. The lowest BCUT2D eigenvalue weighted by atomic mass is 10.2. The van der Waals surface area contributed by atoms with E-state index in [9.17, 15) is 19.2 Å². The van der Waals surface area contributed by atoms with Gasteiger partial charge in [0.05, 0.1) is 39.9 Å². The van der Waals surface area contributed by atoms with Crippen LogP contribution in [-0.4, -0.2) is 55.3 Å². The van der Waals surface area contributed by atoms with Crippen LogP contribution < -0.4 is 14.8 Å². The molecule has 1 N–H and O–H groups in total. The highest BCUT2D eigenvalue weighted by molar-refractivity contribution is 14.1. The Morgan fingerprint density at radius 2 is 1.92 bits per heavy atom. The Morgan fingerprint density at radius 1 is 1.16 bits per heavy atom. The molecule has 0 bridgehead atoms. The molecule has 0 saturated carbocycles. The number of unbranched alkanes of at least 4 members (excludes halogenated alkanes) is 1. The predicted octanol–water partition coefficient (Wildman–Crippen LogP) is 5.59. The number of thioether (sulfide) groups is 1. The van der Waals surface area contributed by atoms with Gasteiger partial charge in [0.1, 0.15) is 6.54 Å². The molecule has 0 atom stereocenters. The highest BCUT2D eigenvalue weighted by atomic mass is 127. The Labute approximate surface area is 237 Å². The number of hydrogen-bond donors (Lipinski definition) is 1. The molecule has 0 unspecified atom stereocenters. The number of hydrogen-bond acceptors (Lipinski definition) is 8. The van der Waals surface area contributed by atoms with E-state index in [0.717, 1.165) is 33.1 Å². The minimum Gasteiger partial charge on any atom is -0.493 e. The molecule has 0 aromatic heterocycles. The lowest BCUT2D eigenvalue weighted by Gasteiger charge is -2.13. The molecule has 37 heavy (non-hydrogen) atoms. The summed E-state index contributed by atoms with van der Waals surface area (Å²) >= 11 is 8.93. The maximum absolute atomic E-state index is 12.9. The number of amides is 3. The van der Waals surface area contributed by atoms with Crippen molar-refractivity contribution < 1.29 is 33.4 Å². The van der Waals surface area contributed by atoms with E-state index in [1.165, 1.54) is 32.4 Å². The molecule has 1 saturated heterocycles. The van der Waals surface area contributed by atoms with E-state index in [-0.39, 0.29) is 27.8 Å². The summed E-state index contributed by atoms with van der Waals surface area (Å²) in [6.45, 7) is 1.74. The standard InChI is InChI=1S/C25H24ClIN2O7S/c1-4-5-8-36-24(32)16-12-15(6-7-17(16)26)28-21(30)13-29-23(31)20(37-25(29)33)11-14-9-18(27)22(35-3)19(10-14)34-2/h6-7,9-12H,4-5,8,13H2,1-3H3,(H,28,30)/b20-11+. The summed E-state index contributed by atoms with van der Waals surface area (Å²) in [4.78, 5) is 51.3. The molecule has 2 aromatic rings. The number of benzene rings is 2. The Morgan fingerprint density at radius 3 is 2.59 bits per heavy atom. The first-order chi connectivity index (χ1) is 17.7. The lowest BCUT2D eigenvalue weighted by molar-refractivity contribution is -0.127. The SMILES string of the molecule is CCCCOC(=O)c1cc(NC(=O)CN2C(=O)S/C(=C/c3cc(I)c(OC)c(OC)c3)C2=O)ccc1Cl. The predicted molar refractivity (Wildman–Crippen MR) is 150 cm³/mol. The van der Waals surface area contributed by atoms with Crippen molar-refractivity contribution in [3.05, 3.63) is 55.0 Å². The molecule has 9 nitrogen and oxygen atoms in total. The molecule has 3 amide bonds. The number of carbonyl (C=O) groups is 4. The maximum atomic E-state index is 12.9. The third kappa shape index (κ3) is 7.17. The molecule has 0 spiro atoms. The zero-order valence-corrected chi connectivity index (χ0v) is 24.0. The van der Waals surface area contributed by atoms with Gasteiger partial charge in [-0.15, -0.1) is 0 Å². The van der Waals surface area contributed by atoms with Gasteiger partial charge < -0.3 is 19.5 Å². The first-order valence-electron chi connectivity index (χ1n) is 11.1. The van der Waals surface area contributed by atoms with E-state index >= 15 is 0 Å². The number of esters is 1. The molecule has 1 aliphatic rings. The van der Waals surface area contributed by atoms with Gasteiger partial charge in [-0.2, -0.15) is 0 Å². The van der Waals surface area contributed by atoms with E-state index < -0.39 is 29.6 Å². The zero-order valence-electron chi connectivity index (χ0n) is 20.3. The van der Waals surface area contributed by atoms with Crippen molar-refractivity contribution in [2.24, 2.45) is 0 Å². The highest BCUT2D eigenvalue weighted by Crippen LogP contribution is 2.37. The van der Waals surface area contributed by atoms with Crippen molar-refractivity contribution in [1.82, 2.24) is 4.90 Å². The summed E-state index contributed by atoms with van der Waals surface area (Å²) < 4.78 is 16.6. The van der Waals surface area contributed by atoms with Gasteiger partial charge >= 0.3 is 5.97 Å². The van der Waals surface area contributed by atoms with Crippen LogP contribution in [-0.2, 0) is 14.3 Å². The Bertz CT molecular complexity index is 1270. The number of methoxy groups -OCH3 is 2. The average Bonchev–Trinajstić information content (AvgIpc) is 3.12.